The summed E-state index contributed by atoms with van der Waals surface area (Å²) in [4.78, 5) is 27.7. The second-order valence-electron chi connectivity index (χ2n) is 13.1. The maximum atomic E-state index is 13.5. The largest absolute Gasteiger partial charge is 0.490 e. The number of fused-ring (bicyclic) bond motifs is 4. The number of aryl methyl sites for hydroxylation is 1. The predicted octanol–water partition coefficient (Wildman–Crippen LogP) is 4.73. The minimum absolute atomic E-state index is 0.0341. The third-order valence-electron chi connectivity index (χ3n) is 9.84. The summed E-state index contributed by atoms with van der Waals surface area (Å²) in [7, 11) is -2.88. The van der Waals surface area contributed by atoms with Gasteiger partial charge in [-0.1, -0.05) is 29.8 Å². The fraction of sp³-hybridized carbons (Fsp3) is 0.515. The van der Waals surface area contributed by atoms with Gasteiger partial charge in [0.2, 0.25) is 0 Å². The van der Waals surface area contributed by atoms with Crippen LogP contribution >= 0.6 is 11.6 Å². The van der Waals surface area contributed by atoms with Gasteiger partial charge in [-0.2, -0.15) is 0 Å². The second-order valence-corrected chi connectivity index (χ2v) is 15.2. The van der Waals surface area contributed by atoms with Gasteiger partial charge in [-0.3, -0.25) is 4.79 Å². The number of rotatable bonds is 1. The van der Waals surface area contributed by atoms with E-state index in [0.717, 1.165) is 32.1 Å². The van der Waals surface area contributed by atoms with E-state index in [1.807, 2.05) is 18.2 Å². The van der Waals surface area contributed by atoms with Crippen LogP contribution in [0, 0.1) is 11.8 Å². The number of ether oxygens (including phenoxy) is 3. The molecule has 1 saturated carbocycles. The minimum Gasteiger partial charge on any atom is -0.490 e. The number of anilines is 1. The highest BCUT2D eigenvalue weighted by atomic mass is 35.5. The zero-order chi connectivity index (χ0) is 32.0. The summed E-state index contributed by atoms with van der Waals surface area (Å²) in [5.41, 5.74) is 1.30. The summed E-state index contributed by atoms with van der Waals surface area (Å²) in [6, 6.07) is 10.5. The Morgan fingerprint density at radius 2 is 2.00 bits per heavy atom. The van der Waals surface area contributed by atoms with Gasteiger partial charge < -0.3 is 24.4 Å². The van der Waals surface area contributed by atoms with E-state index in [9.17, 15) is 18.0 Å². The highest BCUT2D eigenvalue weighted by Gasteiger charge is 2.45. The molecule has 2 aromatic carbocycles. The summed E-state index contributed by atoms with van der Waals surface area (Å²) in [5.74, 6) is 0.101. The van der Waals surface area contributed by atoms with Crippen molar-refractivity contribution in [2.45, 2.75) is 67.9 Å². The smallest absolute Gasteiger partial charge is 0.407 e. The summed E-state index contributed by atoms with van der Waals surface area (Å²) < 4.78 is 46.5. The Morgan fingerprint density at radius 3 is 2.76 bits per heavy atom. The molecule has 1 fully saturated rings. The molecule has 2 aliphatic heterocycles. The van der Waals surface area contributed by atoms with Gasteiger partial charge >= 0.3 is 6.09 Å². The molecule has 0 aromatic heterocycles. The Morgan fingerprint density at radius 1 is 1.18 bits per heavy atom. The Bertz CT molecular complexity index is 1630. The molecule has 1 spiro atoms. The lowest BCUT2D eigenvalue weighted by Gasteiger charge is -2.46. The van der Waals surface area contributed by atoms with E-state index in [1.54, 1.807) is 18.2 Å². The van der Waals surface area contributed by atoms with Crippen LogP contribution in [0.25, 0.3) is 0 Å². The van der Waals surface area contributed by atoms with Crippen molar-refractivity contribution in [3.05, 3.63) is 64.7 Å². The molecule has 0 unspecified atom stereocenters. The number of hydrogen-bond acceptors (Lipinski definition) is 8. The van der Waals surface area contributed by atoms with Gasteiger partial charge in [-0.15, -0.1) is 0 Å². The van der Waals surface area contributed by atoms with Crippen LogP contribution in [0.15, 0.2) is 53.4 Å². The molecule has 45 heavy (non-hydrogen) atoms. The topological polar surface area (TPSA) is 123 Å². The fourth-order valence-electron chi connectivity index (χ4n) is 7.16. The number of nitrogens with one attached hydrogen (secondary N) is 2. The molecular formula is C33H40ClN3O7S. The number of sulfonamides is 1. The van der Waals surface area contributed by atoms with Crippen molar-refractivity contribution in [3.63, 3.8) is 0 Å². The molecule has 12 heteroatoms. The van der Waals surface area contributed by atoms with Gasteiger partial charge in [-0.05, 0) is 99.2 Å². The molecule has 4 atom stereocenters. The first-order valence-corrected chi connectivity index (χ1v) is 17.3. The van der Waals surface area contributed by atoms with Crippen molar-refractivity contribution in [1.29, 1.82) is 0 Å². The first-order chi connectivity index (χ1) is 21.4. The van der Waals surface area contributed by atoms with Crippen molar-refractivity contribution >= 4 is 39.3 Å². The van der Waals surface area contributed by atoms with Gasteiger partial charge in [0.25, 0.3) is 15.9 Å². The van der Waals surface area contributed by atoms with Crippen LogP contribution in [-0.4, -0.2) is 65.5 Å². The number of nitrogens with zero attached hydrogens (tertiary/aromatic N) is 1. The van der Waals surface area contributed by atoms with Gasteiger partial charge in [0.1, 0.15) is 11.4 Å². The third kappa shape index (κ3) is 6.26. The van der Waals surface area contributed by atoms with Crippen molar-refractivity contribution in [2.75, 3.05) is 38.3 Å². The second kappa shape index (κ2) is 12.1. The lowest BCUT2D eigenvalue weighted by Crippen LogP contribution is -2.52. The van der Waals surface area contributed by atoms with Crippen LogP contribution in [0.5, 0.6) is 5.75 Å². The molecule has 2 aromatic rings. The maximum Gasteiger partial charge on any atom is 0.407 e. The van der Waals surface area contributed by atoms with E-state index < -0.39 is 27.6 Å². The summed E-state index contributed by atoms with van der Waals surface area (Å²) in [5, 5.41) is 3.68. The van der Waals surface area contributed by atoms with Crippen molar-refractivity contribution in [3.8, 4) is 5.75 Å². The van der Waals surface area contributed by atoms with Gasteiger partial charge in [0.15, 0.2) is 0 Å². The number of carbonyl (C=O) groups is 2. The first-order valence-electron chi connectivity index (χ1n) is 15.4. The molecule has 2 aliphatic carbocycles. The SMILES string of the molecule is COC(=O)N[C@@H]1C=CCOC(C)(C)C(=O)NS(=O)(=O)c2ccc3c(c2)N(C[C@@H]2CC[C@H]21)C[C@@]1(CCCc2cc(Cl)ccc21)CO3. The summed E-state index contributed by atoms with van der Waals surface area (Å²) in [6.07, 6.45) is 7.78. The summed E-state index contributed by atoms with van der Waals surface area (Å²) in [6.45, 7) is 4.75. The lowest BCUT2D eigenvalue weighted by molar-refractivity contribution is -0.139. The van der Waals surface area contributed by atoms with Crippen LogP contribution in [0.1, 0.15) is 50.7 Å². The standard InChI is InChI=1S/C33H40ClN3O7S/c1-32(2)30(38)36-45(40,41)24-10-13-29-28(17-24)37(18-22-8-11-25(22)27(7-5-15-44-32)35-31(39)42-3)19-33(20-43-29)14-4-6-21-16-23(34)9-12-26(21)33/h5,7,9-10,12-13,16-17,22,25,27H,4,6,8,11,14-15,18-20H2,1-3H3,(H,35,39)(H,36,38)/t22-,25+,27+,33-/m0/s1. The monoisotopic (exact) mass is 657 g/mol. The minimum atomic E-state index is -4.22. The summed E-state index contributed by atoms with van der Waals surface area (Å²) >= 11 is 6.40. The van der Waals surface area contributed by atoms with E-state index in [1.165, 1.54) is 38.2 Å². The van der Waals surface area contributed by atoms with Crippen LogP contribution < -0.4 is 19.7 Å². The maximum absolute atomic E-state index is 13.5. The molecule has 10 nitrogen and oxygen atoms in total. The molecule has 2 bridgehead atoms. The first kappa shape index (κ1) is 31.7. The number of carbonyl (C=O) groups excluding carboxylic acids is 2. The van der Waals surface area contributed by atoms with Crippen LogP contribution in [0.3, 0.4) is 0 Å². The zero-order valence-electron chi connectivity index (χ0n) is 25.8. The number of hydrogen-bond donors (Lipinski definition) is 2. The van der Waals surface area contributed by atoms with Gasteiger partial charge in [0.05, 0.1) is 36.9 Å². The Kier molecular flexibility index (Phi) is 8.56. The molecule has 2 heterocycles. The zero-order valence-corrected chi connectivity index (χ0v) is 27.4. The molecule has 4 aliphatic rings. The Hall–Kier alpha value is -3.28. The molecule has 0 radical (unpaired) electrons. The number of alkyl carbamates (subject to hydrolysis) is 1. The number of benzene rings is 2. The number of amides is 2. The van der Waals surface area contributed by atoms with Crippen molar-refractivity contribution < 1.29 is 32.2 Å². The molecule has 0 saturated heterocycles. The third-order valence-corrected chi connectivity index (χ3v) is 11.4. The van der Waals surface area contributed by atoms with E-state index in [-0.39, 0.29) is 34.8 Å². The van der Waals surface area contributed by atoms with E-state index in [0.29, 0.717) is 36.2 Å². The van der Waals surface area contributed by atoms with Crippen molar-refractivity contribution in [2.24, 2.45) is 11.8 Å². The number of methoxy groups -OCH3 is 1. The quantitative estimate of drug-likeness (QED) is 0.422. The van der Waals surface area contributed by atoms with Crippen molar-refractivity contribution in [1.82, 2.24) is 10.0 Å². The normalized spacial score (nSPS) is 28.8. The van der Waals surface area contributed by atoms with Crippen LogP contribution in [0.4, 0.5) is 10.5 Å². The highest BCUT2D eigenvalue weighted by molar-refractivity contribution is 7.90. The molecular weight excluding hydrogens is 618 g/mol. The van der Waals surface area contributed by atoms with E-state index >= 15 is 0 Å². The van der Waals surface area contributed by atoms with E-state index in [4.69, 9.17) is 25.8 Å². The number of halogens is 1. The van der Waals surface area contributed by atoms with Gasteiger partial charge in [0, 0.05) is 23.5 Å². The molecule has 2 N–H and O–H groups in total. The Labute approximate surface area is 269 Å². The fourth-order valence-corrected chi connectivity index (χ4v) is 8.48. The molecule has 242 valence electrons. The predicted molar refractivity (Wildman–Crippen MR) is 170 cm³/mol. The molecule has 6 rings (SSSR count). The van der Waals surface area contributed by atoms with Gasteiger partial charge in [-0.25, -0.2) is 17.9 Å². The average molecular weight is 658 g/mol. The molecule has 2 amide bonds. The van der Waals surface area contributed by atoms with Crippen LogP contribution in [0.2, 0.25) is 5.02 Å². The van der Waals surface area contributed by atoms with Crippen LogP contribution in [-0.2, 0) is 36.1 Å². The lowest BCUT2D eigenvalue weighted by atomic mass is 9.68. The van der Waals surface area contributed by atoms with E-state index in [2.05, 4.69) is 21.0 Å². The highest BCUT2D eigenvalue weighted by Crippen LogP contribution is 2.47. The average Bonchev–Trinajstić information content (AvgIpc) is 3.13. The Balaban J connectivity index is 1.44.